The molecule has 23 heavy (non-hydrogen) atoms. The summed E-state index contributed by atoms with van der Waals surface area (Å²) in [6.45, 7) is 5.50. The smallest absolute Gasteiger partial charge is 0.224 e. The largest absolute Gasteiger partial charge is 0.336 e. The van der Waals surface area contributed by atoms with Crippen molar-refractivity contribution in [3.05, 3.63) is 47.5 Å². The molecule has 1 amide bonds. The Morgan fingerprint density at radius 1 is 1.35 bits per heavy atom. The van der Waals surface area contributed by atoms with Gasteiger partial charge < -0.3 is 4.90 Å². The molecule has 0 saturated carbocycles. The minimum atomic E-state index is 0.172. The Morgan fingerprint density at radius 2 is 2.22 bits per heavy atom. The summed E-state index contributed by atoms with van der Waals surface area (Å²) in [4.78, 5) is 19.0. The molecule has 0 unspecified atom stereocenters. The highest BCUT2D eigenvalue weighted by Gasteiger charge is 2.27. The average Bonchev–Trinajstić information content (AvgIpc) is 2.91. The molecule has 0 aromatic carbocycles. The Balaban J connectivity index is 1.68. The number of carbonyl (C=O) groups is 1. The van der Waals surface area contributed by atoms with Crippen molar-refractivity contribution >= 4 is 5.91 Å². The summed E-state index contributed by atoms with van der Waals surface area (Å²) in [5, 5.41) is 4.44. The van der Waals surface area contributed by atoms with Crippen LogP contribution in [-0.2, 0) is 11.3 Å². The third-order valence-corrected chi connectivity index (χ3v) is 4.53. The quantitative estimate of drug-likeness (QED) is 0.872. The second kappa shape index (κ2) is 6.94. The maximum atomic E-state index is 12.7. The zero-order valence-corrected chi connectivity index (χ0v) is 13.9. The van der Waals surface area contributed by atoms with E-state index in [1.54, 1.807) is 6.20 Å². The summed E-state index contributed by atoms with van der Waals surface area (Å²) in [6, 6.07) is 6.24. The van der Waals surface area contributed by atoms with Crippen LogP contribution in [0.5, 0.6) is 0 Å². The minimum absolute atomic E-state index is 0.172. The second-order valence-corrected chi connectivity index (χ2v) is 6.29. The van der Waals surface area contributed by atoms with Gasteiger partial charge in [-0.2, -0.15) is 5.10 Å². The molecule has 1 atom stereocenters. The fourth-order valence-corrected chi connectivity index (χ4v) is 3.40. The maximum absolute atomic E-state index is 12.7. The molecule has 122 valence electrons. The molecule has 0 spiro atoms. The Kier molecular flexibility index (Phi) is 4.74. The number of aromatic nitrogens is 3. The van der Waals surface area contributed by atoms with Crippen LogP contribution in [0.4, 0.5) is 0 Å². The van der Waals surface area contributed by atoms with Crippen molar-refractivity contribution in [3.8, 4) is 0 Å². The lowest BCUT2D eigenvalue weighted by atomic mass is 9.96. The standard InChI is InChI=1S/C18H24N4O/c1-14-12-15(2)22(20-14)11-8-18(23)21-10-4-3-7-17(21)16-6-5-9-19-13-16/h5-6,9,12-13,17H,3-4,7-8,10-11H2,1-2H3/t17-/m1/s1. The minimum Gasteiger partial charge on any atom is -0.336 e. The van der Waals surface area contributed by atoms with E-state index in [0.717, 1.165) is 36.3 Å². The predicted molar refractivity (Wildman–Crippen MR) is 88.9 cm³/mol. The van der Waals surface area contributed by atoms with Gasteiger partial charge in [0.1, 0.15) is 0 Å². The topological polar surface area (TPSA) is 51.0 Å². The first-order chi connectivity index (χ1) is 11.1. The third-order valence-electron chi connectivity index (χ3n) is 4.53. The highest BCUT2D eigenvalue weighted by Crippen LogP contribution is 2.30. The fraction of sp³-hybridized carbons (Fsp3) is 0.500. The summed E-state index contributed by atoms with van der Waals surface area (Å²) >= 11 is 0. The zero-order valence-electron chi connectivity index (χ0n) is 13.9. The van der Waals surface area contributed by atoms with Gasteiger partial charge in [-0.3, -0.25) is 14.5 Å². The van der Waals surface area contributed by atoms with Gasteiger partial charge in [-0.05, 0) is 50.8 Å². The number of likely N-dealkylation sites (tertiary alicyclic amines) is 1. The van der Waals surface area contributed by atoms with Gasteiger partial charge in [0.25, 0.3) is 0 Å². The summed E-state index contributed by atoms with van der Waals surface area (Å²) in [7, 11) is 0. The van der Waals surface area contributed by atoms with Crippen LogP contribution in [0.2, 0.25) is 0 Å². The molecule has 3 heterocycles. The van der Waals surface area contributed by atoms with Crippen LogP contribution in [0.1, 0.15) is 48.7 Å². The molecule has 5 nitrogen and oxygen atoms in total. The summed E-state index contributed by atoms with van der Waals surface area (Å²) in [6.07, 6.45) is 7.44. The van der Waals surface area contributed by atoms with Crippen molar-refractivity contribution in [3.63, 3.8) is 0 Å². The van der Waals surface area contributed by atoms with E-state index in [-0.39, 0.29) is 11.9 Å². The molecule has 2 aromatic heterocycles. The second-order valence-electron chi connectivity index (χ2n) is 6.29. The van der Waals surface area contributed by atoms with Gasteiger partial charge in [0.05, 0.1) is 11.7 Å². The summed E-state index contributed by atoms with van der Waals surface area (Å²) < 4.78 is 1.93. The number of aryl methyl sites for hydroxylation is 3. The molecule has 3 rings (SSSR count). The number of carbonyl (C=O) groups excluding carboxylic acids is 1. The lowest BCUT2D eigenvalue weighted by Crippen LogP contribution is -2.39. The first-order valence-electron chi connectivity index (χ1n) is 8.35. The van der Waals surface area contributed by atoms with E-state index in [9.17, 15) is 4.79 Å². The van der Waals surface area contributed by atoms with Gasteiger partial charge in [0.2, 0.25) is 5.91 Å². The third kappa shape index (κ3) is 3.60. The Morgan fingerprint density at radius 3 is 2.91 bits per heavy atom. The number of rotatable bonds is 4. The van der Waals surface area contributed by atoms with Crippen molar-refractivity contribution in [1.29, 1.82) is 0 Å². The van der Waals surface area contributed by atoms with E-state index in [1.165, 1.54) is 6.42 Å². The number of amides is 1. The lowest BCUT2D eigenvalue weighted by molar-refractivity contribution is -0.135. The van der Waals surface area contributed by atoms with Gasteiger partial charge in [-0.25, -0.2) is 0 Å². The normalized spacial score (nSPS) is 18.2. The molecule has 1 aliphatic rings. The number of nitrogens with zero attached hydrogens (tertiary/aromatic N) is 4. The van der Waals surface area contributed by atoms with E-state index in [4.69, 9.17) is 0 Å². The van der Waals surface area contributed by atoms with Crippen molar-refractivity contribution in [2.24, 2.45) is 0 Å². The van der Waals surface area contributed by atoms with Gasteiger partial charge in [0, 0.05) is 37.6 Å². The van der Waals surface area contributed by atoms with Gasteiger partial charge >= 0.3 is 0 Å². The molecule has 0 bridgehead atoms. The van der Waals surface area contributed by atoms with E-state index in [0.29, 0.717) is 13.0 Å². The first-order valence-corrected chi connectivity index (χ1v) is 8.35. The number of pyridine rings is 1. The van der Waals surface area contributed by atoms with Gasteiger partial charge in [-0.15, -0.1) is 0 Å². The Labute approximate surface area is 137 Å². The number of piperidine rings is 1. The SMILES string of the molecule is Cc1cc(C)n(CCC(=O)N2CCCC[C@@H]2c2cccnc2)n1. The molecule has 0 radical (unpaired) electrons. The molecule has 0 N–H and O–H groups in total. The van der Waals surface area contributed by atoms with Crippen LogP contribution in [0.25, 0.3) is 0 Å². The van der Waals surface area contributed by atoms with Gasteiger partial charge in [-0.1, -0.05) is 6.07 Å². The average molecular weight is 312 g/mol. The first kappa shape index (κ1) is 15.7. The van der Waals surface area contributed by atoms with Crippen LogP contribution in [-0.4, -0.2) is 32.1 Å². The predicted octanol–water partition coefficient (Wildman–Crippen LogP) is 3.04. The number of hydrogen-bond donors (Lipinski definition) is 0. The molecular formula is C18H24N4O. The van der Waals surface area contributed by atoms with E-state index in [2.05, 4.69) is 16.1 Å². The van der Waals surface area contributed by atoms with E-state index < -0.39 is 0 Å². The van der Waals surface area contributed by atoms with Crippen LogP contribution in [0.15, 0.2) is 30.6 Å². The number of hydrogen-bond acceptors (Lipinski definition) is 3. The van der Waals surface area contributed by atoms with Gasteiger partial charge in [0.15, 0.2) is 0 Å². The monoisotopic (exact) mass is 312 g/mol. The zero-order chi connectivity index (χ0) is 16.2. The lowest BCUT2D eigenvalue weighted by Gasteiger charge is -2.36. The van der Waals surface area contributed by atoms with Crippen molar-refractivity contribution in [2.45, 2.75) is 52.1 Å². The van der Waals surface area contributed by atoms with E-state index >= 15 is 0 Å². The highest BCUT2D eigenvalue weighted by molar-refractivity contribution is 5.76. The Bertz CT molecular complexity index is 665. The molecule has 1 saturated heterocycles. The Hall–Kier alpha value is -2.17. The van der Waals surface area contributed by atoms with Crippen LogP contribution >= 0.6 is 0 Å². The molecule has 5 heteroatoms. The fourth-order valence-electron chi connectivity index (χ4n) is 3.40. The molecule has 2 aromatic rings. The molecule has 1 aliphatic heterocycles. The van der Waals surface area contributed by atoms with Crippen molar-refractivity contribution in [2.75, 3.05) is 6.54 Å². The molecular weight excluding hydrogens is 288 g/mol. The maximum Gasteiger partial charge on any atom is 0.224 e. The van der Waals surface area contributed by atoms with Crippen LogP contribution in [0.3, 0.4) is 0 Å². The van der Waals surface area contributed by atoms with Crippen LogP contribution in [0, 0.1) is 13.8 Å². The van der Waals surface area contributed by atoms with Crippen molar-refractivity contribution in [1.82, 2.24) is 19.7 Å². The van der Waals surface area contributed by atoms with Crippen LogP contribution < -0.4 is 0 Å². The van der Waals surface area contributed by atoms with Crippen molar-refractivity contribution < 1.29 is 4.79 Å². The summed E-state index contributed by atoms with van der Waals surface area (Å²) in [5.41, 5.74) is 3.26. The molecule has 0 aliphatic carbocycles. The highest BCUT2D eigenvalue weighted by atomic mass is 16.2. The summed E-state index contributed by atoms with van der Waals surface area (Å²) in [5.74, 6) is 0.214. The van der Waals surface area contributed by atoms with E-state index in [1.807, 2.05) is 41.8 Å². The molecule has 1 fully saturated rings.